The third-order valence-electron chi connectivity index (χ3n) is 3.42. The zero-order chi connectivity index (χ0) is 14.7. The van der Waals surface area contributed by atoms with Gasteiger partial charge >= 0.3 is 0 Å². The van der Waals surface area contributed by atoms with Gasteiger partial charge in [-0.1, -0.05) is 23.4 Å². The van der Waals surface area contributed by atoms with Gasteiger partial charge in [0.2, 0.25) is 5.82 Å². The van der Waals surface area contributed by atoms with Crippen LogP contribution < -0.4 is 5.32 Å². The van der Waals surface area contributed by atoms with E-state index in [1.807, 2.05) is 38.2 Å². The molecule has 0 aliphatic rings. The van der Waals surface area contributed by atoms with E-state index in [1.54, 1.807) is 6.26 Å². The maximum atomic E-state index is 5.43. The van der Waals surface area contributed by atoms with Gasteiger partial charge in [0.15, 0.2) is 0 Å². The molecule has 0 aliphatic carbocycles. The zero-order valence-electron chi connectivity index (χ0n) is 12.1. The van der Waals surface area contributed by atoms with Crippen LogP contribution in [0.2, 0.25) is 0 Å². The highest BCUT2D eigenvalue weighted by Gasteiger charge is 2.15. The van der Waals surface area contributed by atoms with Gasteiger partial charge in [0.25, 0.3) is 5.89 Å². The van der Waals surface area contributed by atoms with E-state index in [9.17, 15) is 0 Å². The fourth-order valence-electron chi connectivity index (χ4n) is 2.27. The molecule has 1 N–H and O–H groups in total. The second kappa shape index (κ2) is 5.93. The van der Waals surface area contributed by atoms with Crippen molar-refractivity contribution in [2.24, 2.45) is 0 Å². The Morgan fingerprint density at radius 1 is 1.14 bits per heavy atom. The SMILES string of the molecule is CNCCc1ccccc1-c1nc(-c2ccoc2C)no1. The molecule has 2 aromatic heterocycles. The molecule has 108 valence electrons. The number of nitrogens with zero attached hydrogens (tertiary/aromatic N) is 2. The molecular weight excluding hydrogens is 266 g/mol. The van der Waals surface area contributed by atoms with Crippen molar-refractivity contribution in [1.29, 1.82) is 0 Å². The van der Waals surface area contributed by atoms with Gasteiger partial charge in [-0.3, -0.25) is 0 Å². The number of likely N-dealkylation sites (N-methyl/N-ethyl adjacent to an activating group) is 1. The highest BCUT2D eigenvalue weighted by atomic mass is 16.5. The van der Waals surface area contributed by atoms with Crippen molar-refractivity contribution >= 4 is 0 Å². The third kappa shape index (κ3) is 2.73. The predicted octanol–water partition coefficient (Wildman–Crippen LogP) is 3.07. The van der Waals surface area contributed by atoms with E-state index >= 15 is 0 Å². The Morgan fingerprint density at radius 2 is 2.00 bits per heavy atom. The fourth-order valence-corrected chi connectivity index (χ4v) is 2.27. The molecule has 0 atom stereocenters. The fraction of sp³-hybridized carbons (Fsp3) is 0.250. The molecule has 0 radical (unpaired) electrons. The number of aromatic nitrogens is 2. The topological polar surface area (TPSA) is 64.1 Å². The standard InChI is InChI=1S/C16H17N3O2/c1-11-13(8-10-20-11)15-18-16(21-19-15)14-6-4-3-5-12(14)7-9-17-2/h3-6,8,10,17H,7,9H2,1-2H3. The molecule has 5 nitrogen and oxygen atoms in total. The quantitative estimate of drug-likeness (QED) is 0.779. The van der Waals surface area contributed by atoms with Crippen LogP contribution in [0, 0.1) is 6.92 Å². The third-order valence-corrected chi connectivity index (χ3v) is 3.42. The Balaban J connectivity index is 1.95. The van der Waals surface area contributed by atoms with Gasteiger partial charge in [0.05, 0.1) is 11.8 Å². The summed E-state index contributed by atoms with van der Waals surface area (Å²) in [6.07, 6.45) is 2.54. The van der Waals surface area contributed by atoms with E-state index in [4.69, 9.17) is 8.94 Å². The summed E-state index contributed by atoms with van der Waals surface area (Å²) in [6.45, 7) is 2.78. The summed E-state index contributed by atoms with van der Waals surface area (Å²) in [5, 5.41) is 7.21. The molecule has 0 amide bonds. The average Bonchev–Trinajstić information content (AvgIpc) is 3.14. The molecule has 3 rings (SSSR count). The predicted molar refractivity (Wildman–Crippen MR) is 79.8 cm³/mol. The van der Waals surface area contributed by atoms with Crippen molar-refractivity contribution in [3.63, 3.8) is 0 Å². The van der Waals surface area contributed by atoms with Crippen molar-refractivity contribution in [2.75, 3.05) is 13.6 Å². The van der Waals surface area contributed by atoms with E-state index in [0.717, 1.165) is 29.9 Å². The zero-order valence-corrected chi connectivity index (χ0v) is 12.1. The van der Waals surface area contributed by atoms with E-state index in [-0.39, 0.29) is 0 Å². The van der Waals surface area contributed by atoms with Gasteiger partial charge in [-0.05, 0) is 44.6 Å². The smallest absolute Gasteiger partial charge is 0.258 e. The Hall–Kier alpha value is -2.40. The maximum Gasteiger partial charge on any atom is 0.258 e. The lowest BCUT2D eigenvalue weighted by Crippen LogP contribution is -2.10. The van der Waals surface area contributed by atoms with Crippen LogP contribution in [-0.2, 0) is 6.42 Å². The molecule has 3 aromatic rings. The number of rotatable bonds is 5. The molecule has 0 bridgehead atoms. The van der Waals surface area contributed by atoms with Crippen LogP contribution in [0.25, 0.3) is 22.8 Å². The first kappa shape index (κ1) is 13.6. The first-order valence-electron chi connectivity index (χ1n) is 6.90. The molecule has 0 saturated carbocycles. The van der Waals surface area contributed by atoms with Gasteiger partial charge in [-0.2, -0.15) is 4.98 Å². The average molecular weight is 283 g/mol. The summed E-state index contributed by atoms with van der Waals surface area (Å²) in [4.78, 5) is 4.49. The van der Waals surface area contributed by atoms with Gasteiger partial charge in [-0.25, -0.2) is 0 Å². The molecule has 2 heterocycles. The van der Waals surface area contributed by atoms with Crippen molar-refractivity contribution in [3.05, 3.63) is 47.9 Å². The first-order valence-corrected chi connectivity index (χ1v) is 6.90. The second-order valence-electron chi connectivity index (χ2n) is 4.82. The molecular formula is C16H17N3O2. The molecule has 1 aromatic carbocycles. The lowest BCUT2D eigenvalue weighted by Gasteiger charge is -2.05. The van der Waals surface area contributed by atoms with Crippen molar-refractivity contribution in [1.82, 2.24) is 15.5 Å². The van der Waals surface area contributed by atoms with Gasteiger partial charge in [0, 0.05) is 5.56 Å². The molecule has 0 aliphatic heterocycles. The molecule has 21 heavy (non-hydrogen) atoms. The number of hydrogen-bond donors (Lipinski definition) is 1. The monoisotopic (exact) mass is 283 g/mol. The van der Waals surface area contributed by atoms with E-state index in [2.05, 4.69) is 21.5 Å². The Morgan fingerprint density at radius 3 is 2.76 bits per heavy atom. The second-order valence-corrected chi connectivity index (χ2v) is 4.82. The number of benzene rings is 1. The number of nitrogens with one attached hydrogen (secondary N) is 1. The minimum Gasteiger partial charge on any atom is -0.469 e. The number of furan rings is 1. The minimum atomic E-state index is 0.539. The highest BCUT2D eigenvalue weighted by molar-refractivity contribution is 5.63. The maximum absolute atomic E-state index is 5.43. The summed E-state index contributed by atoms with van der Waals surface area (Å²) >= 11 is 0. The van der Waals surface area contributed by atoms with E-state index < -0.39 is 0 Å². The van der Waals surface area contributed by atoms with Gasteiger partial charge in [-0.15, -0.1) is 0 Å². The van der Waals surface area contributed by atoms with Crippen LogP contribution in [0.3, 0.4) is 0 Å². The lowest BCUT2D eigenvalue weighted by atomic mass is 10.0. The summed E-state index contributed by atoms with van der Waals surface area (Å²) < 4.78 is 10.7. The van der Waals surface area contributed by atoms with E-state index in [1.165, 1.54) is 5.56 Å². The van der Waals surface area contributed by atoms with Crippen molar-refractivity contribution < 1.29 is 8.94 Å². The molecule has 0 saturated heterocycles. The first-order chi connectivity index (χ1) is 10.3. The Kier molecular flexibility index (Phi) is 3.83. The van der Waals surface area contributed by atoms with E-state index in [0.29, 0.717) is 11.7 Å². The summed E-state index contributed by atoms with van der Waals surface area (Å²) in [6, 6.07) is 9.93. The van der Waals surface area contributed by atoms with Gasteiger partial charge < -0.3 is 14.3 Å². The molecule has 0 spiro atoms. The van der Waals surface area contributed by atoms with Crippen LogP contribution in [0.1, 0.15) is 11.3 Å². The largest absolute Gasteiger partial charge is 0.469 e. The van der Waals surface area contributed by atoms with Crippen LogP contribution in [0.5, 0.6) is 0 Å². The van der Waals surface area contributed by atoms with Crippen LogP contribution in [-0.4, -0.2) is 23.7 Å². The summed E-state index contributed by atoms with van der Waals surface area (Å²) in [7, 11) is 1.94. The molecule has 5 heteroatoms. The van der Waals surface area contributed by atoms with Gasteiger partial charge in [0.1, 0.15) is 5.76 Å². The molecule has 0 fully saturated rings. The summed E-state index contributed by atoms with van der Waals surface area (Å²) in [5.41, 5.74) is 3.02. The Bertz CT molecular complexity index is 730. The minimum absolute atomic E-state index is 0.539. The lowest BCUT2D eigenvalue weighted by molar-refractivity contribution is 0.431. The molecule has 0 unspecified atom stereocenters. The van der Waals surface area contributed by atoms with Crippen LogP contribution in [0.4, 0.5) is 0 Å². The summed E-state index contributed by atoms with van der Waals surface area (Å²) in [5.74, 6) is 1.88. The van der Waals surface area contributed by atoms with Crippen LogP contribution >= 0.6 is 0 Å². The highest BCUT2D eigenvalue weighted by Crippen LogP contribution is 2.27. The van der Waals surface area contributed by atoms with Crippen LogP contribution in [0.15, 0.2) is 45.5 Å². The number of hydrogen-bond acceptors (Lipinski definition) is 5. The van der Waals surface area contributed by atoms with Crippen molar-refractivity contribution in [2.45, 2.75) is 13.3 Å². The Labute approximate surface area is 123 Å². The normalized spacial score (nSPS) is 11.0. The number of aryl methyl sites for hydroxylation is 1. The van der Waals surface area contributed by atoms with Crippen molar-refractivity contribution in [3.8, 4) is 22.8 Å².